The second-order valence-electron chi connectivity index (χ2n) is 8.85. The topological polar surface area (TPSA) is 98.8 Å². The largest absolute Gasteiger partial charge is 0.373 e. The summed E-state index contributed by atoms with van der Waals surface area (Å²) in [6, 6.07) is 8.09. The van der Waals surface area contributed by atoms with Crippen molar-refractivity contribution in [3.63, 3.8) is 0 Å². The number of H-pyrrole nitrogens is 1. The quantitative estimate of drug-likeness (QED) is 0.497. The van der Waals surface area contributed by atoms with Crippen molar-refractivity contribution in [2.75, 3.05) is 23.3 Å². The van der Waals surface area contributed by atoms with E-state index in [4.69, 9.17) is 0 Å². The van der Waals surface area contributed by atoms with Crippen molar-refractivity contribution in [3.05, 3.63) is 42.4 Å². The summed E-state index contributed by atoms with van der Waals surface area (Å²) in [6.45, 7) is 8.10. The highest BCUT2D eigenvalue weighted by Gasteiger charge is 2.27. The van der Waals surface area contributed by atoms with Gasteiger partial charge in [0.1, 0.15) is 18.2 Å². The minimum absolute atomic E-state index is 0.0633. The van der Waals surface area contributed by atoms with E-state index < -0.39 is 0 Å². The van der Waals surface area contributed by atoms with Crippen LogP contribution in [0.4, 0.5) is 11.5 Å². The van der Waals surface area contributed by atoms with Gasteiger partial charge in [0, 0.05) is 24.8 Å². The highest BCUT2D eigenvalue weighted by Crippen LogP contribution is 2.26. The minimum Gasteiger partial charge on any atom is -0.373 e. The SMILES string of the molecule is CCC[C@@H](Nc1ccccc1C(C)C)C(=O)N[C@@H]1CCCN(c2ncnc3[nH]ncc23)C1. The van der Waals surface area contributed by atoms with Crippen molar-refractivity contribution in [2.45, 2.75) is 64.5 Å². The smallest absolute Gasteiger partial charge is 0.242 e. The highest BCUT2D eigenvalue weighted by atomic mass is 16.2. The maximum Gasteiger partial charge on any atom is 0.242 e. The first-order valence-corrected chi connectivity index (χ1v) is 11.6. The van der Waals surface area contributed by atoms with E-state index in [2.05, 4.69) is 74.7 Å². The van der Waals surface area contributed by atoms with Crippen molar-refractivity contribution in [1.29, 1.82) is 0 Å². The fraction of sp³-hybridized carbons (Fsp3) is 0.500. The first-order chi connectivity index (χ1) is 15.6. The number of hydrogen-bond donors (Lipinski definition) is 3. The van der Waals surface area contributed by atoms with Crippen LogP contribution in [0.3, 0.4) is 0 Å². The van der Waals surface area contributed by atoms with Crippen LogP contribution in [0.25, 0.3) is 11.0 Å². The third kappa shape index (κ3) is 4.84. The number of para-hydroxylation sites is 1. The predicted octanol–water partition coefficient (Wildman–Crippen LogP) is 3.84. The molecule has 4 rings (SSSR count). The van der Waals surface area contributed by atoms with Crippen LogP contribution in [-0.4, -0.2) is 51.2 Å². The van der Waals surface area contributed by atoms with Gasteiger partial charge in [-0.05, 0) is 36.8 Å². The molecule has 0 unspecified atom stereocenters. The van der Waals surface area contributed by atoms with Gasteiger partial charge in [0.15, 0.2) is 5.65 Å². The Morgan fingerprint density at radius 3 is 2.94 bits per heavy atom. The molecule has 32 heavy (non-hydrogen) atoms. The molecule has 0 radical (unpaired) electrons. The van der Waals surface area contributed by atoms with Crippen LogP contribution in [0, 0.1) is 0 Å². The fourth-order valence-electron chi connectivity index (χ4n) is 4.47. The molecule has 3 aromatic rings. The third-order valence-corrected chi connectivity index (χ3v) is 6.10. The number of piperidine rings is 1. The Morgan fingerprint density at radius 1 is 1.28 bits per heavy atom. The molecule has 170 valence electrons. The van der Waals surface area contributed by atoms with E-state index in [9.17, 15) is 4.79 Å². The summed E-state index contributed by atoms with van der Waals surface area (Å²) < 4.78 is 0. The number of carbonyl (C=O) groups excluding carboxylic acids is 1. The second kappa shape index (κ2) is 9.97. The molecule has 2 aromatic heterocycles. The van der Waals surface area contributed by atoms with Crippen molar-refractivity contribution < 1.29 is 4.79 Å². The van der Waals surface area contributed by atoms with Gasteiger partial charge < -0.3 is 15.5 Å². The van der Waals surface area contributed by atoms with E-state index >= 15 is 0 Å². The molecule has 1 aliphatic rings. The van der Waals surface area contributed by atoms with Gasteiger partial charge in [-0.2, -0.15) is 5.10 Å². The average Bonchev–Trinajstić information content (AvgIpc) is 3.28. The number of carbonyl (C=O) groups is 1. The molecule has 0 bridgehead atoms. The maximum atomic E-state index is 13.3. The van der Waals surface area contributed by atoms with Gasteiger partial charge in [-0.3, -0.25) is 9.89 Å². The zero-order chi connectivity index (χ0) is 22.5. The number of aromatic nitrogens is 4. The van der Waals surface area contributed by atoms with Crippen LogP contribution in [-0.2, 0) is 4.79 Å². The van der Waals surface area contributed by atoms with E-state index in [1.54, 1.807) is 12.5 Å². The number of rotatable bonds is 8. The van der Waals surface area contributed by atoms with Crippen molar-refractivity contribution >= 4 is 28.4 Å². The van der Waals surface area contributed by atoms with E-state index in [1.807, 2.05) is 6.07 Å². The lowest BCUT2D eigenvalue weighted by atomic mass is 10.00. The van der Waals surface area contributed by atoms with Gasteiger partial charge in [-0.25, -0.2) is 9.97 Å². The Balaban J connectivity index is 1.45. The number of aromatic amines is 1. The van der Waals surface area contributed by atoms with Crippen LogP contribution >= 0.6 is 0 Å². The summed E-state index contributed by atoms with van der Waals surface area (Å²) in [7, 11) is 0. The number of nitrogens with one attached hydrogen (secondary N) is 3. The summed E-state index contributed by atoms with van der Waals surface area (Å²) >= 11 is 0. The van der Waals surface area contributed by atoms with Crippen LogP contribution in [0.1, 0.15) is 57.9 Å². The van der Waals surface area contributed by atoms with Crippen LogP contribution in [0.5, 0.6) is 0 Å². The Kier molecular flexibility index (Phi) is 6.87. The molecule has 1 aromatic carbocycles. The second-order valence-corrected chi connectivity index (χ2v) is 8.85. The van der Waals surface area contributed by atoms with Crippen LogP contribution in [0.15, 0.2) is 36.8 Å². The molecule has 0 spiro atoms. The summed E-state index contributed by atoms with van der Waals surface area (Å²) in [5, 5.41) is 14.7. The molecule has 3 heterocycles. The number of nitrogens with zero attached hydrogens (tertiary/aromatic N) is 4. The number of hydrogen-bond acceptors (Lipinski definition) is 6. The molecular weight excluding hydrogens is 402 g/mol. The van der Waals surface area contributed by atoms with Gasteiger partial charge in [0.05, 0.1) is 11.6 Å². The Hall–Kier alpha value is -3.16. The Labute approximate surface area is 189 Å². The highest BCUT2D eigenvalue weighted by molar-refractivity contribution is 5.87. The standard InChI is InChI=1S/C24H33N7O/c1-4-8-21(29-20-11-6-5-10-18(20)16(2)3)24(32)28-17-9-7-12-31(14-17)23-19-13-27-30-22(19)25-15-26-23/h5-6,10-11,13,15-17,21,29H,4,7-9,12,14H2,1-3H3,(H,28,32)(H,25,26,27,30)/t17-,21-/m1/s1. The maximum absolute atomic E-state index is 13.3. The molecular formula is C24H33N7O. The minimum atomic E-state index is -0.255. The number of amides is 1. The molecule has 8 heteroatoms. The van der Waals surface area contributed by atoms with E-state index in [-0.39, 0.29) is 18.0 Å². The van der Waals surface area contributed by atoms with Gasteiger partial charge in [-0.1, -0.05) is 45.4 Å². The lowest BCUT2D eigenvalue weighted by Gasteiger charge is -2.35. The van der Waals surface area contributed by atoms with Gasteiger partial charge in [0.2, 0.25) is 5.91 Å². The monoisotopic (exact) mass is 435 g/mol. The fourth-order valence-corrected chi connectivity index (χ4v) is 4.47. The normalized spacial score (nSPS) is 17.5. The number of benzene rings is 1. The average molecular weight is 436 g/mol. The zero-order valence-electron chi connectivity index (χ0n) is 19.1. The summed E-state index contributed by atoms with van der Waals surface area (Å²) in [5.41, 5.74) is 3.01. The lowest BCUT2D eigenvalue weighted by Crippen LogP contribution is -2.51. The van der Waals surface area contributed by atoms with Crippen molar-refractivity contribution in [1.82, 2.24) is 25.5 Å². The first-order valence-electron chi connectivity index (χ1n) is 11.6. The number of fused-ring (bicyclic) bond motifs is 1. The van der Waals surface area contributed by atoms with Crippen molar-refractivity contribution in [3.8, 4) is 0 Å². The third-order valence-electron chi connectivity index (χ3n) is 6.10. The summed E-state index contributed by atoms with van der Waals surface area (Å²) in [6.07, 6.45) is 7.01. The Bertz CT molecular complexity index is 1050. The molecule has 1 saturated heterocycles. The molecule has 1 fully saturated rings. The van der Waals surface area contributed by atoms with E-state index in [0.29, 0.717) is 5.92 Å². The molecule has 2 atom stereocenters. The molecule has 0 aliphatic carbocycles. The molecule has 1 amide bonds. The van der Waals surface area contributed by atoms with Gasteiger partial charge >= 0.3 is 0 Å². The van der Waals surface area contributed by atoms with Crippen LogP contribution in [0.2, 0.25) is 0 Å². The van der Waals surface area contributed by atoms with Crippen LogP contribution < -0.4 is 15.5 Å². The first kappa shape index (κ1) is 22.0. The van der Waals surface area contributed by atoms with Crippen molar-refractivity contribution in [2.24, 2.45) is 0 Å². The lowest BCUT2D eigenvalue weighted by molar-refractivity contribution is -0.122. The number of anilines is 2. The summed E-state index contributed by atoms with van der Waals surface area (Å²) in [4.78, 5) is 24.2. The van der Waals surface area contributed by atoms with E-state index in [0.717, 1.165) is 61.3 Å². The summed E-state index contributed by atoms with van der Waals surface area (Å²) in [5.74, 6) is 1.33. The zero-order valence-corrected chi connectivity index (χ0v) is 19.1. The van der Waals surface area contributed by atoms with E-state index in [1.165, 1.54) is 5.56 Å². The molecule has 8 nitrogen and oxygen atoms in total. The molecule has 0 saturated carbocycles. The Morgan fingerprint density at radius 2 is 2.12 bits per heavy atom. The molecule has 1 aliphatic heterocycles. The molecule has 3 N–H and O–H groups in total. The van der Waals surface area contributed by atoms with Gasteiger partial charge in [-0.15, -0.1) is 0 Å². The predicted molar refractivity (Wildman–Crippen MR) is 128 cm³/mol. The van der Waals surface area contributed by atoms with Gasteiger partial charge in [0.25, 0.3) is 0 Å².